The van der Waals surface area contributed by atoms with Crippen LogP contribution in [0.25, 0.3) is 11.4 Å². The number of rotatable bonds is 7. The van der Waals surface area contributed by atoms with Gasteiger partial charge in [0.05, 0.1) is 24.9 Å². The van der Waals surface area contributed by atoms with Gasteiger partial charge < -0.3 is 10.1 Å². The molecule has 168 valence electrons. The number of aromatic nitrogens is 3. The molecule has 9 heteroatoms. The number of esters is 1. The van der Waals surface area contributed by atoms with E-state index in [4.69, 9.17) is 4.74 Å². The largest absolute Gasteiger partial charge is 0.469 e. The molecule has 1 aliphatic carbocycles. The van der Waals surface area contributed by atoms with E-state index in [0.29, 0.717) is 30.4 Å². The quantitative estimate of drug-likeness (QED) is 0.666. The molecule has 2 aromatic rings. The van der Waals surface area contributed by atoms with Gasteiger partial charge in [-0.2, -0.15) is 0 Å². The highest BCUT2D eigenvalue weighted by Crippen LogP contribution is 2.28. The topological polar surface area (TPSA) is 97.3 Å². The highest BCUT2D eigenvalue weighted by molar-refractivity contribution is 5.92. The maximum Gasteiger partial charge on any atom is 0.308 e. The second kappa shape index (κ2) is 10.3. The number of nitrogens with one attached hydrogen (secondary N) is 1. The fraction of sp³-hybridized carbons (Fsp3) is 0.500. The zero-order valence-corrected chi connectivity index (χ0v) is 18.1. The lowest BCUT2D eigenvalue weighted by Gasteiger charge is -2.27. The lowest BCUT2D eigenvalue weighted by molar-refractivity contribution is -0.146. The van der Waals surface area contributed by atoms with Crippen LogP contribution in [0.2, 0.25) is 0 Å². The van der Waals surface area contributed by atoms with Gasteiger partial charge in [-0.3, -0.25) is 14.5 Å². The smallest absolute Gasteiger partial charge is 0.308 e. The summed E-state index contributed by atoms with van der Waals surface area (Å²) in [6.07, 6.45) is 4.46. The Morgan fingerprint density at radius 1 is 1.23 bits per heavy atom. The number of ether oxygens (including phenoxy) is 1. The molecule has 0 spiro atoms. The maximum absolute atomic E-state index is 14.5. The Kier molecular flexibility index (Phi) is 7.49. The van der Waals surface area contributed by atoms with Gasteiger partial charge in [0.1, 0.15) is 11.5 Å². The van der Waals surface area contributed by atoms with E-state index >= 15 is 0 Å². The summed E-state index contributed by atoms with van der Waals surface area (Å²) in [5.41, 5.74) is 0.403. The lowest BCUT2D eigenvalue weighted by atomic mass is 9.86. The number of nitrogens with zero attached hydrogens (tertiary/aromatic N) is 4. The zero-order valence-electron chi connectivity index (χ0n) is 18.1. The van der Waals surface area contributed by atoms with Crippen molar-refractivity contribution < 1.29 is 20.1 Å². The third kappa shape index (κ3) is 5.34. The van der Waals surface area contributed by atoms with Crippen molar-refractivity contribution in [3.8, 4) is 11.4 Å². The Bertz CT molecular complexity index is 938. The molecular formula is C22H30FN5O3. The molecule has 0 unspecified atom stereocenters. The van der Waals surface area contributed by atoms with Gasteiger partial charge in [0.2, 0.25) is 11.9 Å². The van der Waals surface area contributed by atoms with Crippen molar-refractivity contribution in [3.63, 3.8) is 0 Å². The van der Waals surface area contributed by atoms with Crippen LogP contribution < -0.4 is 10.2 Å². The number of hydrogen-bond acceptors (Lipinski definition) is 7. The maximum atomic E-state index is 14.5. The number of methoxy groups -OCH3 is 1. The first-order chi connectivity index (χ1) is 15.0. The number of hydrogen-bond donors (Lipinski definition) is 1. The van der Waals surface area contributed by atoms with Crippen LogP contribution in [0.15, 0.2) is 24.4 Å². The van der Waals surface area contributed by atoms with Gasteiger partial charge in [0.15, 0.2) is 5.82 Å². The highest BCUT2D eigenvalue weighted by atomic mass is 19.1. The average molecular weight is 432 g/mol. The average Bonchev–Trinajstić information content (AvgIpc) is 2.80. The third-order valence-corrected chi connectivity index (χ3v) is 5.51. The number of carbonyl (C=O) groups excluding carboxylic acids is 2. The highest BCUT2D eigenvalue weighted by Gasteiger charge is 2.27. The van der Waals surface area contributed by atoms with Gasteiger partial charge in [-0.05, 0) is 44.7 Å². The Balaban J connectivity index is 0.00000363. The van der Waals surface area contributed by atoms with Crippen LogP contribution in [0.3, 0.4) is 0 Å². The van der Waals surface area contributed by atoms with E-state index in [1.807, 2.05) is 6.92 Å². The first-order valence-electron chi connectivity index (χ1n) is 10.6. The molecule has 0 radical (unpaired) electrons. The van der Waals surface area contributed by atoms with E-state index in [2.05, 4.69) is 20.3 Å². The van der Waals surface area contributed by atoms with Crippen molar-refractivity contribution in [1.82, 2.24) is 15.0 Å². The molecule has 1 amide bonds. The van der Waals surface area contributed by atoms with Crippen LogP contribution in [0.5, 0.6) is 0 Å². The first kappa shape index (κ1) is 22.6. The normalized spacial score (nSPS) is 18.3. The van der Waals surface area contributed by atoms with Crippen molar-refractivity contribution in [2.75, 3.05) is 23.9 Å². The van der Waals surface area contributed by atoms with E-state index < -0.39 is 5.82 Å². The van der Waals surface area contributed by atoms with Gasteiger partial charge in [-0.25, -0.2) is 19.3 Å². The standard InChI is InChI=1S/C22H28FN5O3.H2/c1-4-19(29)28(5-2)18-8-6-7-17(26-18)20-16(23)13-24-22(27-20)25-15-11-9-14(10-12-15)21(30)31-3;/h6-8,13-15H,4-5,9-12H2,1-3H3,(H,24,25,27);1H. The zero-order chi connectivity index (χ0) is 22.4. The van der Waals surface area contributed by atoms with Crippen molar-refractivity contribution in [2.45, 2.75) is 52.0 Å². The molecule has 3 rings (SSSR count). The van der Waals surface area contributed by atoms with Gasteiger partial charge in [-0.15, -0.1) is 0 Å². The van der Waals surface area contributed by atoms with E-state index in [1.54, 1.807) is 30.0 Å². The fourth-order valence-corrected chi connectivity index (χ4v) is 3.80. The van der Waals surface area contributed by atoms with Crippen LogP contribution in [0, 0.1) is 11.7 Å². The number of anilines is 2. The molecule has 1 saturated carbocycles. The summed E-state index contributed by atoms with van der Waals surface area (Å²) in [5, 5.41) is 3.24. The van der Waals surface area contributed by atoms with Gasteiger partial charge in [-0.1, -0.05) is 13.0 Å². The summed E-state index contributed by atoms with van der Waals surface area (Å²) in [4.78, 5) is 38.3. The van der Waals surface area contributed by atoms with Crippen LogP contribution in [0.1, 0.15) is 47.4 Å². The molecule has 0 aromatic carbocycles. The molecule has 0 saturated heterocycles. The van der Waals surface area contributed by atoms with E-state index in [1.165, 1.54) is 7.11 Å². The lowest BCUT2D eigenvalue weighted by Crippen LogP contribution is -2.30. The molecular weight excluding hydrogens is 401 g/mol. The van der Waals surface area contributed by atoms with Crippen molar-refractivity contribution in [3.05, 3.63) is 30.2 Å². The first-order valence-corrected chi connectivity index (χ1v) is 10.6. The Morgan fingerprint density at radius 3 is 2.61 bits per heavy atom. The second-order valence-electron chi connectivity index (χ2n) is 7.48. The minimum Gasteiger partial charge on any atom is -0.469 e. The minimum absolute atomic E-state index is 0. The van der Waals surface area contributed by atoms with Crippen LogP contribution in [-0.2, 0) is 14.3 Å². The predicted molar refractivity (Wildman–Crippen MR) is 117 cm³/mol. The molecule has 1 fully saturated rings. The molecule has 0 bridgehead atoms. The number of carbonyl (C=O) groups is 2. The summed E-state index contributed by atoms with van der Waals surface area (Å²) in [6.45, 7) is 4.12. The SMILES string of the molecule is CCC(=O)N(CC)c1cccc(-c2nc(NC3CCC(C(=O)OC)CC3)ncc2F)n1.[HH]. The van der Waals surface area contributed by atoms with Crippen molar-refractivity contribution in [1.29, 1.82) is 0 Å². The second-order valence-corrected chi connectivity index (χ2v) is 7.48. The molecule has 8 nitrogen and oxygen atoms in total. The molecule has 1 N–H and O–H groups in total. The monoisotopic (exact) mass is 431 g/mol. The van der Waals surface area contributed by atoms with Crippen molar-refractivity contribution >= 4 is 23.6 Å². The van der Waals surface area contributed by atoms with Gasteiger partial charge in [0.25, 0.3) is 0 Å². The Morgan fingerprint density at radius 2 is 1.97 bits per heavy atom. The van der Waals surface area contributed by atoms with Gasteiger partial charge >= 0.3 is 5.97 Å². The van der Waals surface area contributed by atoms with E-state index in [0.717, 1.165) is 31.9 Å². The molecule has 2 aromatic heterocycles. The molecule has 0 atom stereocenters. The van der Waals surface area contributed by atoms with Crippen LogP contribution >= 0.6 is 0 Å². The molecule has 2 heterocycles. The molecule has 0 aliphatic heterocycles. The van der Waals surface area contributed by atoms with E-state index in [-0.39, 0.29) is 31.0 Å². The number of pyridine rings is 1. The van der Waals surface area contributed by atoms with Crippen molar-refractivity contribution in [2.24, 2.45) is 5.92 Å². The van der Waals surface area contributed by atoms with Crippen LogP contribution in [0.4, 0.5) is 16.2 Å². The van der Waals surface area contributed by atoms with Gasteiger partial charge in [0, 0.05) is 20.4 Å². The summed E-state index contributed by atoms with van der Waals surface area (Å²) in [7, 11) is 1.40. The summed E-state index contributed by atoms with van der Waals surface area (Å²) >= 11 is 0. The fourth-order valence-electron chi connectivity index (χ4n) is 3.80. The summed E-state index contributed by atoms with van der Waals surface area (Å²) < 4.78 is 19.3. The molecule has 31 heavy (non-hydrogen) atoms. The third-order valence-electron chi connectivity index (χ3n) is 5.51. The number of amides is 1. The summed E-state index contributed by atoms with van der Waals surface area (Å²) in [5.74, 6) is -0.128. The van der Waals surface area contributed by atoms with Crippen LogP contribution in [-0.4, -0.2) is 46.5 Å². The predicted octanol–water partition coefficient (Wildman–Crippen LogP) is 3.83. The van der Waals surface area contributed by atoms with E-state index in [9.17, 15) is 14.0 Å². The number of halogens is 1. The summed E-state index contributed by atoms with van der Waals surface area (Å²) in [6, 6.07) is 5.20. The Labute approximate surface area is 182 Å². The minimum atomic E-state index is -0.588. The molecule has 1 aliphatic rings. The Hall–Kier alpha value is -3.10.